The molecule has 25 heavy (non-hydrogen) atoms. The minimum atomic E-state index is -4.42. The lowest BCUT2D eigenvalue weighted by Gasteiger charge is -2.23. The van der Waals surface area contributed by atoms with Crippen LogP contribution in [0.3, 0.4) is 0 Å². The van der Waals surface area contributed by atoms with Gasteiger partial charge in [-0.1, -0.05) is 12.2 Å². The van der Waals surface area contributed by atoms with E-state index in [1.54, 1.807) is 6.20 Å². The van der Waals surface area contributed by atoms with Crippen molar-refractivity contribution < 1.29 is 13.2 Å². The molecule has 1 fully saturated rings. The first-order chi connectivity index (χ1) is 11.9. The maximum absolute atomic E-state index is 12.8. The lowest BCUT2D eigenvalue weighted by Crippen LogP contribution is -2.06. The van der Waals surface area contributed by atoms with Crippen LogP contribution in [0.1, 0.15) is 42.9 Å². The minimum absolute atomic E-state index is 0.356. The minimum Gasteiger partial charge on any atom is -0.345 e. The molecule has 0 radical (unpaired) electrons. The first-order valence-electron chi connectivity index (χ1n) is 8.08. The quantitative estimate of drug-likeness (QED) is 0.574. The van der Waals surface area contributed by atoms with Gasteiger partial charge >= 0.3 is 6.18 Å². The fraction of sp³-hybridized carbons (Fsp3) is 0.333. The molecule has 0 aliphatic heterocycles. The average Bonchev–Trinajstić information content (AvgIpc) is 3.21. The number of hydrogen-bond donors (Lipinski definition) is 1. The van der Waals surface area contributed by atoms with Crippen LogP contribution >= 0.6 is 11.3 Å². The third-order valence-electron chi connectivity index (χ3n) is 4.74. The summed E-state index contributed by atoms with van der Waals surface area (Å²) in [4.78, 5) is 11.2. The fourth-order valence-electron chi connectivity index (χ4n) is 3.31. The smallest absolute Gasteiger partial charge is 0.345 e. The van der Waals surface area contributed by atoms with E-state index in [1.165, 1.54) is 5.57 Å². The fourth-order valence-corrected chi connectivity index (χ4v) is 4.16. The molecule has 3 nitrogen and oxygen atoms in total. The number of thiazole rings is 1. The number of aromatic amines is 1. The molecule has 1 N–H and O–H groups in total. The molecule has 1 aliphatic rings. The lowest BCUT2D eigenvalue weighted by atomic mass is 9.82. The maximum atomic E-state index is 12.8. The van der Waals surface area contributed by atoms with E-state index in [2.05, 4.69) is 21.5 Å². The van der Waals surface area contributed by atoms with Crippen LogP contribution < -0.4 is 0 Å². The van der Waals surface area contributed by atoms with Crippen LogP contribution in [-0.2, 0) is 6.18 Å². The van der Waals surface area contributed by atoms with Crippen molar-refractivity contribution in [3.05, 3.63) is 47.2 Å². The van der Waals surface area contributed by atoms with E-state index in [0.717, 1.165) is 53.3 Å². The number of pyridine rings is 1. The van der Waals surface area contributed by atoms with Crippen molar-refractivity contribution in [1.29, 1.82) is 0 Å². The van der Waals surface area contributed by atoms with Crippen LogP contribution in [0.2, 0.25) is 0 Å². The van der Waals surface area contributed by atoms with Crippen molar-refractivity contribution in [2.24, 2.45) is 0 Å². The Kier molecular flexibility index (Phi) is 3.91. The third-order valence-corrected chi connectivity index (χ3v) is 5.62. The molecular weight excluding hydrogens is 347 g/mol. The first kappa shape index (κ1) is 16.3. The number of H-pyrrole nitrogens is 1. The highest BCUT2D eigenvalue weighted by Crippen LogP contribution is 2.38. The van der Waals surface area contributed by atoms with Gasteiger partial charge in [0.1, 0.15) is 10.7 Å². The second-order valence-corrected chi connectivity index (χ2v) is 7.29. The van der Waals surface area contributed by atoms with E-state index in [4.69, 9.17) is 0 Å². The van der Waals surface area contributed by atoms with Gasteiger partial charge in [0.25, 0.3) is 0 Å². The Morgan fingerprint density at radius 3 is 2.68 bits per heavy atom. The van der Waals surface area contributed by atoms with E-state index >= 15 is 0 Å². The Labute approximate surface area is 146 Å². The summed E-state index contributed by atoms with van der Waals surface area (Å²) in [7, 11) is 0. The third kappa shape index (κ3) is 3.08. The van der Waals surface area contributed by atoms with Crippen LogP contribution in [0.4, 0.5) is 13.2 Å². The van der Waals surface area contributed by atoms with Crippen molar-refractivity contribution in [1.82, 2.24) is 15.0 Å². The maximum Gasteiger partial charge on any atom is 0.434 e. The SMILES string of the molecule is C=C1CCC(c2cnc3[nH]cc(-c4nc(C(F)(F)F)cs4)c3c2)CC1. The number of halogens is 3. The Morgan fingerprint density at radius 2 is 2.00 bits per heavy atom. The summed E-state index contributed by atoms with van der Waals surface area (Å²) in [6, 6.07) is 2.04. The summed E-state index contributed by atoms with van der Waals surface area (Å²) in [5.74, 6) is 0.423. The van der Waals surface area contributed by atoms with Crippen molar-refractivity contribution in [3.8, 4) is 10.6 Å². The Morgan fingerprint density at radius 1 is 1.24 bits per heavy atom. The van der Waals surface area contributed by atoms with Crippen molar-refractivity contribution in [2.45, 2.75) is 37.8 Å². The van der Waals surface area contributed by atoms with Crippen LogP contribution in [0.15, 0.2) is 36.0 Å². The van der Waals surface area contributed by atoms with Gasteiger partial charge in [0.2, 0.25) is 0 Å². The van der Waals surface area contributed by atoms with E-state index in [0.29, 0.717) is 22.1 Å². The van der Waals surface area contributed by atoms with Crippen LogP contribution in [0.25, 0.3) is 21.6 Å². The van der Waals surface area contributed by atoms with E-state index in [-0.39, 0.29) is 0 Å². The van der Waals surface area contributed by atoms with Gasteiger partial charge in [0.05, 0.1) is 0 Å². The highest BCUT2D eigenvalue weighted by atomic mass is 32.1. The van der Waals surface area contributed by atoms with Crippen LogP contribution in [0.5, 0.6) is 0 Å². The molecule has 0 aromatic carbocycles. The Balaban J connectivity index is 1.72. The molecule has 130 valence electrons. The molecule has 3 aromatic heterocycles. The summed E-state index contributed by atoms with van der Waals surface area (Å²) >= 11 is 1.00. The molecule has 0 amide bonds. The molecule has 0 atom stereocenters. The summed E-state index contributed by atoms with van der Waals surface area (Å²) in [5, 5.41) is 2.23. The van der Waals surface area contributed by atoms with Gasteiger partial charge in [-0.25, -0.2) is 9.97 Å². The normalized spacial score (nSPS) is 16.7. The Hall–Kier alpha value is -2.15. The number of rotatable bonds is 2. The largest absolute Gasteiger partial charge is 0.434 e. The molecule has 0 bridgehead atoms. The number of hydrogen-bond acceptors (Lipinski definition) is 3. The number of alkyl halides is 3. The predicted molar refractivity (Wildman–Crippen MR) is 92.6 cm³/mol. The highest BCUT2D eigenvalue weighted by Gasteiger charge is 2.34. The van der Waals surface area contributed by atoms with E-state index in [9.17, 15) is 13.2 Å². The van der Waals surface area contributed by atoms with Crippen molar-refractivity contribution >= 4 is 22.4 Å². The van der Waals surface area contributed by atoms with Gasteiger partial charge in [-0.3, -0.25) is 0 Å². The van der Waals surface area contributed by atoms with Gasteiger partial charge in [-0.15, -0.1) is 11.3 Å². The number of nitrogens with one attached hydrogen (secondary N) is 1. The number of aromatic nitrogens is 3. The summed E-state index contributed by atoms with van der Waals surface area (Å²) in [5.41, 5.74) is 2.91. The number of fused-ring (bicyclic) bond motifs is 1. The Bertz CT molecular complexity index is 929. The van der Waals surface area contributed by atoms with Gasteiger partial charge in [-0.05, 0) is 43.2 Å². The standard InChI is InChI=1S/C18H16F3N3S/c1-10-2-4-11(5-3-10)12-6-13-14(8-23-16(13)22-7-12)17-24-15(9-25-17)18(19,20)21/h6-9,11H,1-5H2,(H,22,23). The van der Waals surface area contributed by atoms with Gasteiger partial charge in [0.15, 0.2) is 5.69 Å². The van der Waals surface area contributed by atoms with Crippen molar-refractivity contribution in [2.75, 3.05) is 0 Å². The molecule has 3 aromatic rings. The molecule has 0 spiro atoms. The highest BCUT2D eigenvalue weighted by molar-refractivity contribution is 7.13. The number of nitrogens with zero attached hydrogens (tertiary/aromatic N) is 2. The zero-order valence-electron chi connectivity index (χ0n) is 13.4. The summed E-state index contributed by atoms with van der Waals surface area (Å²) in [6.07, 6.45) is 3.25. The number of allylic oxidation sites excluding steroid dienone is 1. The van der Waals surface area contributed by atoms with Gasteiger partial charge < -0.3 is 4.98 Å². The second-order valence-electron chi connectivity index (χ2n) is 6.43. The molecular formula is C18H16F3N3S. The summed E-state index contributed by atoms with van der Waals surface area (Å²) < 4.78 is 38.4. The van der Waals surface area contributed by atoms with Gasteiger partial charge in [-0.2, -0.15) is 13.2 Å². The second kappa shape index (κ2) is 5.98. The lowest BCUT2D eigenvalue weighted by molar-refractivity contribution is -0.140. The van der Waals surface area contributed by atoms with Crippen LogP contribution in [-0.4, -0.2) is 15.0 Å². The molecule has 4 rings (SSSR count). The van der Waals surface area contributed by atoms with E-state index < -0.39 is 11.9 Å². The average molecular weight is 363 g/mol. The monoisotopic (exact) mass is 363 g/mol. The summed E-state index contributed by atoms with van der Waals surface area (Å²) in [6.45, 7) is 4.04. The zero-order valence-corrected chi connectivity index (χ0v) is 14.2. The molecule has 3 heterocycles. The van der Waals surface area contributed by atoms with Gasteiger partial charge in [0, 0.05) is 28.7 Å². The predicted octanol–water partition coefficient (Wildman–Crippen LogP) is 5.92. The van der Waals surface area contributed by atoms with Crippen LogP contribution in [0, 0.1) is 0 Å². The first-order valence-corrected chi connectivity index (χ1v) is 8.96. The molecule has 1 aliphatic carbocycles. The topological polar surface area (TPSA) is 41.6 Å². The van der Waals surface area contributed by atoms with E-state index in [1.807, 2.05) is 12.3 Å². The zero-order chi connectivity index (χ0) is 17.6. The molecule has 1 saturated carbocycles. The van der Waals surface area contributed by atoms with Crippen molar-refractivity contribution in [3.63, 3.8) is 0 Å². The molecule has 0 saturated heterocycles. The molecule has 0 unspecified atom stereocenters. The molecule has 7 heteroatoms.